The largest absolute Gasteiger partial charge is 0.254 e. The quantitative estimate of drug-likeness (QED) is 0.455. The van der Waals surface area contributed by atoms with Gasteiger partial charge in [-0.05, 0) is 5.41 Å². The number of thioether (sulfide) groups is 1. The third kappa shape index (κ3) is 4.04. The molecular formula is C9H15NS. The zero-order chi connectivity index (χ0) is 8.91. The lowest BCUT2D eigenvalue weighted by Crippen LogP contribution is -2.15. The molecule has 1 nitrogen and oxygen atoms in total. The molecule has 0 aromatic heterocycles. The van der Waals surface area contributed by atoms with E-state index in [1.54, 1.807) is 23.4 Å². The minimum atomic E-state index is 0.0903. The summed E-state index contributed by atoms with van der Waals surface area (Å²) in [7, 11) is 0. The van der Waals surface area contributed by atoms with E-state index in [9.17, 15) is 0 Å². The Hall–Kier alpha value is -0.500. The molecule has 0 aliphatic carbocycles. The maximum absolute atomic E-state index is 4.16. The molecule has 0 aliphatic heterocycles. The highest BCUT2D eigenvalue weighted by Gasteiger charge is 2.17. The van der Waals surface area contributed by atoms with Gasteiger partial charge in [-0.15, -0.1) is 0 Å². The van der Waals surface area contributed by atoms with Crippen LogP contribution in [0.2, 0.25) is 0 Å². The van der Waals surface area contributed by atoms with Gasteiger partial charge in [0.15, 0.2) is 0 Å². The SMILES string of the molecule is C=CN=C(SC=C)C(C)(C)C. The zero-order valence-corrected chi connectivity index (χ0v) is 8.24. The number of aliphatic imine (C=N–C) groups is 1. The maximum atomic E-state index is 4.16. The van der Waals surface area contributed by atoms with Gasteiger partial charge in [0.1, 0.15) is 0 Å². The van der Waals surface area contributed by atoms with Crippen LogP contribution in [0, 0.1) is 5.41 Å². The van der Waals surface area contributed by atoms with Gasteiger partial charge in [0, 0.05) is 11.6 Å². The van der Waals surface area contributed by atoms with Crippen molar-refractivity contribution in [2.45, 2.75) is 20.8 Å². The Kier molecular flexibility index (Phi) is 4.19. The fourth-order valence-electron chi connectivity index (χ4n) is 0.563. The van der Waals surface area contributed by atoms with E-state index in [1.807, 2.05) is 0 Å². The van der Waals surface area contributed by atoms with E-state index in [-0.39, 0.29) is 5.41 Å². The molecule has 0 aromatic carbocycles. The number of hydrogen-bond acceptors (Lipinski definition) is 2. The van der Waals surface area contributed by atoms with Crippen LogP contribution >= 0.6 is 11.8 Å². The van der Waals surface area contributed by atoms with E-state index in [0.717, 1.165) is 5.04 Å². The molecule has 0 bridgehead atoms. The van der Waals surface area contributed by atoms with Crippen LogP contribution in [0.5, 0.6) is 0 Å². The molecule has 0 unspecified atom stereocenters. The zero-order valence-electron chi connectivity index (χ0n) is 7.42. The van der Waals surface area contributed by atoms with Crippen molar-refractivity contribution in [3.8, 4) is 0 Å². The van der Waals surface area contributed by atoms with Crippen LogP contribution < -0.4 is 0 Å². The Morgan fingerprint density at radius 3 is 2.18 bits per heavy atom. The normalized spacial score (nSPS) is 12.8. The smallest absolute Gasteiger partial charge is 0.0826 e. The number of nitrogens with zero attached hydrogens (tertiary/aromatic N) is 1. The lowest BCUT2D eigenvalue weighted by molar-refractivity contribution is 0.602. The van der Waals surface area contributed by atoms with E-state index in [1.165, 1.54) is 0 Å². The highest BCUT2D eigenvalue weighted by Crippen LogP contribution is 2.25. The molecule has 0 heterocycles. The first-order valence-corrected chi connectivity index (χ1v) is 4.37. The Balaban J connectivity index is 4.46. The van der Waals surface area contributed by atoms with Crippen molar-refractivity contribution in [2.24, 2.45) is 10.4 Å². The molecule has 0 spiro atoms. The number of rotatable bonds is 2. The minimum absolute atomic E-state index is 0.0903. The molecule has 0 rings (SSSR count). The van der Waals surface area contributed by atoms with Crippen molar-refractivity contribution in [1.29, 1.82) is 0 Å². The third-order valence-electron chi connectivity index (χ3n) is 1.05. The van der Waals surface area contributed by atoms with Crippen molar-refractivity contribution in [3.63, 3.8) is 0 Å². The summed E-state index contributed by atoms with van der Waals surface area (Å²) in [5, 5.41) is 2.83. The summed E-state index contributed by atoms with van der Waals surface area (Å²) in [5.41, 5.74) is 0.0903. The molecule has 0 saturated heterocycles. The summed E-state index contributed by atoms with van der Waals surface area (Å²) < 4.78 is 0. The minimum Gasteiger partial charge on any atom is -0.254 e. The van der Waals surface area contributed by atoms with Crippen LogP contribution in [0.4, 0.5) is 0 Å². The standard InChI is InChI=1S/C9H15NS/c1-6-10-8(11-7-2)9(3,4)5/h6-7H,1-2H2,3-5H3. The van der Waals surface area contributed by atoms with Crippen molar-refractivity contribution in [1.82, 2.24) is 0 Å². The third-order valence-corrected chi connectivity index (χ3v) is 2.15. The lowest BCUT2D eigenvalue weighted by atomic mass is 9.99. The molecule has 0 fully saturated rings. The van der Waals surface area contributed by atoms with Crippen LogP contribution in [-0.4, -0.2) is 5.04 Å². The predicted molar refractivity (Wildman–Crippen MR) is 54.9 cm³/mol. The first-order chi connectivity index (χ1) is 5.02. The summed E-state index contributed by atoms with van der Waals surface area (Å²) in [6.07, 6.45) is 1.57. The highest BCUT2D eigenvalue weighted by molar-refractivity contribution is 8.16. The molecule has 2 heteroatoms. The van der Waals surface area contributed by atoms with Gasteiger partial charge in [-0.3, -0.25) is 4.99 Å². The molecule has 0 amide bonds. The second-order valence-corrected chi connectivity index (χ2v) is 4.11. The first-order valence-electron chi connectivity index (χ1n) is 3.49. The molecule has 0 aliphatic rings. The van der Waals surface area contributed by atoms with Crippen molar-refractivity contribution in [3.05, 3.63) is 24.8 Å². The second kappa shape index (κ2) is 4.39. The summed E-state index contributed by atoms with van der Waals surface area (Å²) in [6.45, 7) is 13.6. The molecule has 0 radical (unpaired) electrons. The fourth-order valence-corrected chi connectivity index (χ4v) is 1.21. The van der Waals surface area contributed by atoms with E-state index in [2.05, 4.69) is 38.9 Å². The van der Waals surface area contributed by atoms with Gasteiger partial charge in [0.2, 0.25) is 0 Å². The fraction of sp³-hybridized carbons (Fsp3) is 0.444. The Labute approximate surface area is 73.3 Å². The molecule has 0 saturated carbocycles. The average Bonchev–Trinajstić information content (AvgIpc) is 1.85. The first kappa shape index (κ1) is 10.5. The molecule has 0 atom stereocenters. The van der Waals surface area contributed by atoms with E-state index >= 15 is 0 Å². The second-order valence-electron chi connectivity index (χ2n) is 3.15. The highest BCUT2D eigenvalue weighted by atomic mass is 32.2. The Morgan fingerprint density at radius 1 is 1.36 bits per heavy atom. The van der Waals surface area contributed by atoms with Crippen molar-refractivity contribution in [2.75, 3.05) is 0 Å². The predicted octanol–water partition coefficient (Wildman–Crippen LogP) is 3.45. The van der Waals surface area contributed by atoms with Crippen LogP contribution in [0.15, 0.2) is 29.8 Å². The maximum Gasteiger partial charge on any atom is 0.0826 e. The van der Waals surface area contributed by atoms with E-state index in [4.69, 9.17) is 0 Å². The van der Waals surface area contributed by atoms with Gasteiger partial charge >= 0.3 is 0 Å². The van der Waals surface area contributed by atoms with Gasteiger partial charge < -0.3 is 0 Å². The molecular weight excluding hydrogens is 154 g/mol. The van der Waals surface area contributed by atoms with Gasteiger partial charge in [-0.2, -0.15) is 0 Å². The van der Waals surface area contributed by atoms with Gasteiger partial charge in [0.25, 0.3) is 0 Å². The number of hydrogen-bond donors (Lipinski definition) is 0. The average molecular weight is 169 g/mol. The van der Waals surface area contributed by atoms with Gasteiger partial charge in [-0.1, -0.05) is 45.7 Å². The summed E-state index contributed by atoms with van der Waals surface area (Å²) in [5.74, 6) is 0. The van der Waals surface area contributed by atoms with Gasteiger partial charge in [-0.25, -0.2) is 0 Å². The van der Waals surface area contributed by atoms with Crippen LogP contribution in [-0.2, 0) is 0 Å². The van der Waals surface area contributed by atoms with E-state index in [0.29, 0.717) is 0 Å². The molecule has 11 heavy (non-hydrogen) atoms. The van der Waals surface area contributed by atoms with Crippen molar-refractivity contribution < 1.29 is 0 Å². The van der Waals surface area contributed by atoms with Crippen LogP contribution in [0.3, 0.4) is 0 Å². The molecule has 0 aromatic rings. The van der Waals surface area contributed by atoms with Crippen LogP contribution in [0.25, 0.3) is 0 Å². The monoisotopic (exact) mass is 169 g/mol. The summed E-state index contributed by atoms with van der Waals surface area (Å²) >= 11 is 1.55. The van der Waals surface area contributed by atoms with Crippen molar-refractivity contribution >= 4 is 16.8 Å². The Morgan fingerprint density at radius 2 is 1.91 bits per heavy atom. The van der Waals surface area contributed by atoms with Gasteiger partial charge in [0.05, 0.1) is 5.04 Å². The van der Waals surface area contributed by atoms with Crippen LogP contribution in [0.1, 0.15) is 20.8 Å². The molecule has 0 N–H and O–H groups in total. The summed E-state index contributed by atoms with van der Waals surface area (Å²) in [6, 6.07) is 0. The Bertz CT molecular complexity index is 174. The topological polar surface area (TPSA) is 12.4 Å². The molecule has 62 valence electrons. The van der Waals surface area contributed by atoms with E-state index < -0.39 is 0 Å². The lowest BCUT2D eigenvalue weighted by Gasteiger charge is -2.18. The summed E-state index contributed by atoms with van der Waals surface area (Å²) in [4.78, 5) is 4.16.